The number of benzene rings is 4. The monoisotopic (exact) mass is 605 g/mol. The van der Waals surface area contributed by atoms with Crippen molar-refractivity contribution in [1.29, 1.82) is 0 Å². The van der Waals surface area contributed by atoms with Crippen LogP contribution in [0.1, 0.15) is 25.0 Å². The second kappa shape index (κ2) is 14.1. The fourth-order valence-electron chi connectivity index (χ4n) is 4.58. The lowest BCUT2D eigenvalue weighted by Crippen LogP contribution is -2.54. The number of nitrogens with zero attached hydrogens (tertiary/aromatic N) is 2. The molecule has 4 aromatic carbocycles. The Balaban J connectivity index is 1.78. The molecule has 0 fully saturated rings. The van der Waals surface area contributed by atoms with Gasteiger partial charge in [-0.2, -0.15) is 0 Å². The van der Waals surface area contributed by atoms with E-state index in [1.807, 2.05) is 30.3 Å². The molecule has 0 saturated heterocycles. The van der Waals surface area contributed by atoms with Crippen molar-refractivity contribution in [2.75, 3.05) is 10.8 Å². The first kappa shape index (κ1) is 31.4. The van der Waals surface area contributed by atoms with Crippen LogP contribution in [-0.2, 0) is 32.6 Å². The summed E-state index contributed by atoms with van der Waals surface area (Å²) in [5, 5.41) is 2.88. The minimum Gasteiger partial charge on any atom is -0.352 e. The van der Waals surface area contributed by atoms with Crippen LogP contribution in [0.5, 0.6) is 0 Å². The van der Waals surface area contributed by atoms with Gasteiger partial charge < -0.3 is 10.2 Å². The van der Waals surface area contributed by atoms with Crippen molar-refractivity contribution < 1.29 is 26.8 Å². The summed E-state index contributed by atoms with van der Waals surface area (Å²) in [6.07, 6.45) is 0.155. The molecule has 0 heterocycles. The molecule has 10 heteroatoms. The average molecular weight is 606 g/mol. The number of hydrogen-bond acceptors (Lipinski definition) is 4. The molecule has 0 aliphatic carbocycles. The Morgan fingerprint density at radius 1 is 0.744 bits per heavy atom. The van der Waals surface area contributed by atoms with Crippen LogP contribution < -0.4 is 9.62 Å². The Kier molecular flexibility index (Phi) is 10.3. The standard InChI is InChI=1S/C33H33F2N3O4S/c1-24(2)36-33(40)31(21-25-9-5-3-6-10-25)37(22-26-13-15-27(34)16-14-26)32(39)23-38(29-11-7-4-8-12-29)43(41,42)30-19-17-28(35)18-20-30/h3-20,24,31H,21-23H2,1-2H3,(H,36,40)/t31-/m0/s1. The predicted molar refractivity (Wildman–Crippen MR) is 162 cm³/mol. The molecule has 1 N–H and O–H groups in total. The van der Waals surface area contributed by atoms with Crippen molar-refractivity contribution in [2.45, 2.75) is 43.8 Å². The molecule has 0 bridgehead atoms. The third kappa shape index (κ3) is 8.26. The molecule has 0 aliphatic rings. The summed E-state index contributed by atoms with van der Waals surface area (Å²) >= 11 is 0. The second-order valence-corrected chi connectivity index (χ2v) is 12.2. The quantitative estimate of drug-likeness (QED) is 0.237. The fourth-order valence-corrected chi connectivity index (χ4v) is 5.99. The Morgan fingerprint density at radius 3 is 1.84 bits per heavy atom. The van der Waals surface area contributed by atoms with Gasteiger partial charge in [0, 0.05) is 19.0 Å². The lowest BCUT2D eigenvalue weighted by atomic mass is 10.0. The zero-order chi connectivity index (χ0) is 31.0. The van der Waals surface area contributed by atoms with Crippen molar-refractivity contribution in [3.63, 3.8) is 0 Å². The molecule has 0 aromatic heterocycles. The van der Waals surface area contributed by atoms with Gasteiger partial charge in [-0.05, 0) is 73.5 Å². The normalized spacial score (nSPS) is 12.0. The fraction of sp³-hybridized carbons (Fsp3) is 0.212. The van der Waals surface area contributed by atoms with E-state index in [-0.39, 0.29) is 29.6 Å². The van der Waals surface area contributed by atoms with Crippen LogP contribution in [0.15, 0.2) is 114 Å². The number of carbonyl (C=O) groups is 2. The van der Waals surface area contributed by atoms with Crippen molar-refractivity contribution in [3.05, 3.63) is 132 Å². The van der Waals surface area contributed by atoms with Crippen molar-refractivity contribution in [3.8, 4) is 0 Å². The SMILES string of the molecule is CC(C)NC(=O)[C@H](Cc1ccccc1)N(Cc1ccc(F)cc1)C(=O)CN(c1ccccc1)S(=O)(=O)c1ccc(F)cc1. The van der Waals surface area contributed by atoms with Crippen molar-refractivity contribution >= 4 is 27.5 Å². The van der Waals surface area contributed by atoms with Gasteiger partial charge in [-0.15, -0.1) is 0 Å². The zero-order valence-corrected chi connectivity index (χ0v) is 24.7. The van der Waals surface area contributed by atoms with Gasteiger partial charge in [-0.1, -0.05) is 60.7 Å². The Bertz CT molecular complexity index is 1620. The van der Waals surface area contributed by atoms with Crippen LogP contribution >= 0.6 is 0 Å². The number of sulfonamides is 1. The highest BCUT2D eigenvalue weighted by atomic mass is 32.2. The van der Waals surface area contributed by atoms with Crippen LogP contribution in [-0.4, -0.2) is 43.8 Å². The predicted octanol–water partition coefficient (Wildman–Crippen LogP) is 5.32. The maximum Gasteiger partial charge on any atom is 0.264 e. The van der Waals surface area contributed by atoms with Gasteiger partial charge in [0.25, 0.3) is 10.0 Å². The lowest BCUT2D eigenvalue weighted by molar-refractivity contribution is -0.140. The molecule has 1 atom stereocenters. The number of halogens is 2. The minimum atomic E-state index is -4.33. The molecule has 224 valence electrons. The smallest absolute Gasteiger partial charge is 0.264 e. The molecule has 0 spiro atoms. The van der Waals surface area contributed by atoms with Crippen molar-refractivity contribution in [1.82, 2.24) is 10.2 Å². The van der Waals surface area contributed by atoms with Gasteiger partial charge in [0.2, 0.25) is 11.8 Å². The molecule has 0 unspecified atom stereocenters. The molecule has 0 saturated carbocycles. The van der Waals surface area contributed by atoms with Gasteiger partial charge in [-0.3, -0.25) is 13.9 Å². The Labute approximate surface area is 250 Å². The first-order chi connectivity index (χ1) is 20.5. The van der Waals surface area contributed by atoms with Crippen LogP contribution in [0.4, 0.5) is 14.5 Å². The first-order valence-electron chi connectivity index (χ1n) is 13.8. The number of hydrogen-bond donors (Lipinski definition) is 1. The summed E-state index contributed by atoms with van der Waals surface area (Å²) in [6, 6.07) is 25.9. The topological polar surface area (TPSA) is 86.8 Å². The Hall–Kier alpha value is -4.57. The van der Waals surface area contributed by atoms with E-state index in [4.69, 9.17) is 0 Å². The van der Waals surface area contributed by atoms with Crippen LogP contribution in [0, 0.1) is 11.6 Å². The second-order valence-electron chi connectivity index (χ2n) is 10.3. The molecule has 0 radical (unpaired) electrons. The van der Waals surface area contributed by atoms with Gasteiger partial charge in [0.05, 0.1) is 10.6 Å². The van der Waals surface area contributed by atoms with E-state index in [0.29, 0.717) is 5.56 Å². The largest absolute Gasteiger partial charge is 0.352 e. The van der Waals surface area contributed by atoms with E-state index in [9.17, 15) is 26.8 Å². The van der Waals surface area contributed by atoms with Gasteiger partial charge in [-0.25, -0.2) is 17.2 Å². The van der Waals surface area contributed by atoms with E-state index in [1.54, 1.807) is 44.2 Å². The molecule has 0 aliphatic heterocycles. The lowest BCUT2D eigenvalue weighted by Gasteiger charge is -2.34. The van der Waals surface area contributed by atoms with E-state index >= 15 is 0 Å². The Morgan fingerprint density at radius 2 is 1.28 bits per heavy atom. The number of rotatable bonds is 12. The molecule has 43 heavy (non-hydrogen) atoms. The molecule has 4 rings (SSSR count). The highest BCUT2D eigenvalue weighted by Crippen LogP contribution is 2.25. The molecular formula is C33H33F2N3O4S. The van der Waals surface area contributed by atoms with Crippen molar-refractivity contribution in [2.24, 2.45) is 0 Å². The summed E-state index contributed by atoms with van der Waals surface area (Å²) < 4.78 is 56.0. The zero-order valence-electron chi connectivity index (χ0n) is 23.9. The first-order valence-corrected chi connectivity index (χ1v) is 15.2. The highest BCUT2D eigenvalue weighted by Gasteiger charge is 2.34. The minimum absolute atomic E-state index is 0.0820. The maximum absolute atomic E-state index is 14.3. The number of carbonyl (C=O) groups excluding carboxylic acids is 2. The summed E-state index contributed by atoms with van der Waals surface area (Å²) in [4.78, 5) is 29.0. The summed E-state index contributed by atoms with van der Waals surface area (Å²) in [7, 11) is -4.33. The average Bonchev–Trinajstić information content (AvgIpc) is 2.99. The molecule has 2 amide bonds. The molecule has 4 aromatic rings. The maximum atomic E-state index is 14.3. The number of anilines is 1. The number of para-hydroxylation sites is 1. The van der Waals surface area contributed by atoms with Crippen LogP contribution in [0.25, 0.3) is 0 Å². The summed E-state index contributed by atoms with van der Waals surface area (Å²) in [5.41, 5.74) is 1.56. The van der Waals surface area contributed by atoms with E-state index in [0.717, 1.165) is 34.1 Å². The summed E-state index contributed by atoms with van der Waals surface area (Å²) in [6.45, 7) is 2.87. The third-order valence-corrected chi connectivity index (χ3v) is 8.48. The van der Waals surface area contributed by atoms with E-state index in [2.05, 4.69) is 5.32 Å². The van der Waals surface area contributed by atoms with Gasteiger partial charge >= 0.3 is 0 Å². The summed E-state index contributed by atoms with van der Waals surface area (Å²) in [5.74, 6) is -2.13. The molecule has 7 nitrogen and oxygen atoms in total. The van der Waals surface area contributed by atoms with Gasteiger partial charge in [0.1, 0.15) is 24.2 Å². The van der Waals surface area contributed by atoms with E-state index < -0.39 is 46.1 Å². The number of amides is 2. The molecular weight excluding hydrogens is 572 g/mol. The van der Waals surface area contributed by atoms with E-state index in [1.165, 1.54) is 29.2 Å². The number of nitrogens with one attached hydrogen (secondary N) is 1. The van der Waals surface area contributed by atoms with Crippen LogP contribution in [0.3, 0.4) is 0 Å². The third-order valence-electron chi connectivity index (χ3n) is 6.69. The van der Waals surface area contributed by atoms with Gasteiger partial charge in [0.15, 0.2) is 0 Å². The highest BCUT2D eigenvalue weighted by molar-refractivity contribution is 7.92. The van der Waals surface area contributed by atoms with Crippen LogP contribution in [0.2, 0.25) is 0 Å².